The summed E-state index contributed by atoms with van der Waals surface area (Å²) in [7, 11) is 0. The first-order valence-corrected chi connectivity index (χ1v) is 4.90. The zero-order chi connectivity index (χ0) is 11.3. The lowest BCUT2D eigenvalue weighted by molar-refractivity contribution is -0.108. The molecule has 1 unspecified atom stereocenters. The minimum Gasteiger partial charge on any atom is -0.494 e. The highest BCUT2D eigenvalue weighted by Crippen LogP contribution is 2.28. The second kappa shape index (κ2) is 5.29. The molecule has 0 spiro atoms. The summed E-state index contributed by atoms with van der Waals surface area (Å²) in [5.74, 6) is 0.287. The van der Waals surface area contributed by atoms with Crippen molar-refractivity contribution in [2.24, 2.45) is 0 Å². The van der Waals surface area contributed by atoms with Crippen molar-refractivity contribution >= 4 is 12.6 Å². The average molecular weight is 206 g/mol. The largest absolute Gasteiger partial charge is 0.494 e. The molecule has 80 valence electrons. The first-order chi connectivity index (χ1) is 7.24. The smallest absolute Gasteiger partial charge is 0.150 e. The van der Waals surface area contributed by atoms with Gasteiger partial charge in [-0.1, -0.05) is 19.1 Å². The summed E-state index contributed by atoms with van der Waals surface area (Å²) in [6.07, 6.45) is 1.56. The van der Waals surface area contributed by atoms with Crippen LogP contribution in [0.2, 0.25) is 0 Å². The summed E-state index contributed by atoms with van der Waals surface area (Å²) in [4.78, 5) is 21.6. The third-order valence-electron chi connectivity index (χ3n) is 2.19. The van der Waals surface area contributed by atoms with E-state index >= 15 is 0 Å². The number of aldehydes is 2. The monoisotopic (exact) mass is 206 g/mol. The van der Waals surface area contributed by atoms with Crippen LogP contribution in [-0.2, 0) is 4.79 Å². The zero-order valence-corrected chi connectivity index (χ0v) is 8.90. The van der Waals surface area contributed by atoms with E-state index in [4.69, 9.17) is 4.74 Å². The Hall–Kier alpha value is -1.64. The van der Waals surface area contributed by atoms with Gasteiger partial charge >= 0.3 is 0 Å². The third kappa shape index (κ3) is 2.43. The molecule has 0 aliphatic carbocycles. The van der Waals surface area contributed by atoms with Crippen LogP contribution >= 0.6 is 0 Å². The number of ether oxygens (including phenoxy) is 1. The fourth-order valence-corrected chi connectivity index (χ4v) is 1.50. The Morgan fingerprint density at radius 3 is 2.67 bits per heavy atom. The molecule has 0 radical (unpaired) electrons. The van der Waals surface area contributed by atoms with E-state index in [1.165, 1.54) is 0 Å². The molecule has 0 amide bonds. The van der Waals surface area contributed by atoms with Gasteiger partial charge in [0.15, 0.2) is 0 Å². The van der Waals surface area contributed by atoms with Crippen molar-refractivity contribution in [1.29, 1.82) is 0 Å². The summed E-state index contributed by atoms with van der Waals surface area (Å²) in [5.41, 5.74) is 1.19. The van der Waals surface area contributed by atoms with Crippen LogP contribution in [0.15, 0.2) is 18.2 Å². The van der Waals surface area contributed by atoms with Gasteiger partial charge < -0.3 is 9.53 Å². The molecule has 0 aromatic heterocycles. The minimum atomic E-state index is -0.326. The molecule has 15 heavy (non-hydrogen) atoms. The third-order valence-corrected chi connectivity index (χ3v) is 2.19. The van der Waals surface area contributed by atoms with Gasteiger partial charge in [-0.25, -0.2) is 0 Å². The highest BCUT2D eigenvalue weighted by molar-refractivity contribution is 5.82. The molecule has 0 fully saturated rings. The van der Waals surface area contributed by atoms with Crippen molar-refractivity contribution in [3.05, 3.63) is 29.3 Å². The molecule has 0 N–H and O–H groups in total. The molecule has 0 saturated carbocycles. The summed E-state index contributed by atoms with van der Waals surface area (Å²) < 4.78 is 5.38. The van der Waals surface area contributed by atoms with Gasteiger partial charge in [-0.3, -0.25) is 4.79 Å². The van der Waals surface area contributed by atoms with E-state index in [9.17, 15) is 9.59 Å². The lowest BCUT2D eigenvalue weighted by Crippen LogP contribution is -2.04. The van der Waals surface area contributed by atoms with E-state index in [2.05, 4.69) is 0 Å². The number of hydrogen-bond donors (Lipinski definition) is 0. The molecule has 1 rings (SSSR count). The van der Waals surface area contributed by atoms with Crippen molar-refractivity contribution in [3.63, 3.8) is 0 Å². The van der Waals surface area contributed by atoms with E-state index in [0.717, 1.165) is 12.6 Å². The van der Waals surface area contributed by atoms with Crippen LogP contribution in [0.1, 0.15) is 35.7 Å². The van der Waals surface area contributed by atoms with Gasteiger partial charge in [0.1, 0.15) is 18.3 Å². The highest BCUT2D eigenvalue weighted by Gasteiger charge is 2.15. The lowest BCUT2D eigenvalue weighted by atomic mass is 9.96. The Balaban J connectivity index is 3.25. The van der Waals surface area contributed by atoms with Crippen molar-refractivity contribution in [3.8, 4) is 5.75 Å². The topological polar surface area (TPSA) is 43.4 Å². The summed E-state index contributed by atoms with van der Waals surface area (Å²) >= 11 is 0. The second-order valence-corrected chi connectivity index (χ2v) is 3.23. The molecule has 0 saturated heterocycles. The predicted octanol–water partition coefficient (Wildman–Crippen LogP) is 2.20. The molecule has 3 heteroatoms. The Kier molecular flexibility index (Phi) is 4.03. The molecular weight excluding hydrogens is 192 g/mol. The van der Waals surface area contributed by atoms with E-state index in [1.54, 1.807) is 25.1 Å². The van der Waals surface area contributed by atoms with E-state index < -0.39 is 0 Å². The van der Waals surface area contributed by atoms with Crippen LogP contribution in [0.25, 0.3) is 0 Å². The first-order valence-electron chi connectivity index (χ1n) is 4.90. The lowest BCUT2D eigenvalue weighted by Gasteiger charge is -2.14. The Morgan fingerprint density at radius 1 is 1.40 bits per heavy atom. The number of carbonyl (C=O) groups excluding carboxylic acids is 2. The van der Waals surface area contributed by atoms with Crippen molar-refractivity contribution in [2.45, 2.75) is 19.8 Å². The highest BCUT2D eigenvalue weighted by atomic mass is 16.5. The van der Waals surface area contributed by atoms with Gasteiger partial charge in [0.05, 0.1) is 6.61 Å². The molecule has 0 aliphatic heterocycles. The maximum Gasteiger partial charge on any atom is 0.150 e. The molecule has 0 heterocycles. The van der Waals surface area contributed by atoms with Gasteiger partial charge in [0, 0.05) is 17.0 Å². The van der Waals surface area contributed by atoms with Crippen molar-refractivity contribution in [1.82, 2.24) is 0 Å². The number of hydrogen-bond acceptors (Lipinski definition) is 3. The van der Waals surface area contributed by atoms with E-state index in [-0.39, 0.29) is 5.92 Å². The van der Waals surface area contributed by atoms with Gasteiger partial charge in [0.2, 0.25) is 0 Å². The molecule has 3 nitrogen and oxygen atoms in total. The molecule has 1 aromatic rings. The maximum atomic E-state index is 10.8. The fourth-order valence-electron chi connectivity index (χ4n) is 1.50. The zero-order valence-electron chi connectivity index (χ0n) is 8.90. The molecular formula is C12H14O3. The number of rotatable bonds is 5. The summed E-state index contributed by atoms with van der Waals surface area (Å²) in [6, 6.07) is 5.20. The molecule has 0 aliphatic rings. The Bertz CT molecular complexity index is 358. The van der Waals surface area contributed by atoms with E-state index in [0.29, 0.717) is 23.5 Å². The van der Waals surface area contributed by atoms with Gasteiger partial charge in [0.25, 0.3) is 0 Å². The molecule has 1 aromatic carbocycles. The van der Waals surface area contributed by atoms with Crippen LogP contribution in [0, 0.1) is 0 Å². The quantitative estimate of drug-likeness (QED) is 0.693. The predicted molar refractivity (Wildman–Crippen MR) is 57.5 cm³/mol. The maximum absolute atomic E-state index is 10.8. The van der Waals surface area contributed by atoms with Crippen LogP contribution < -0.4 is 4.74 Å². The standard InChI is InChI=1S/C12H14O3/c1-3-15-11-6-4-5-10(8-14)12(11)9(2)7-13/h4-9H,3H2,1-2H3. The van der Waals surface area contributed by atoms with Crippen LogP contribution in [0.4, 0.5) is 0 Å². The Morgan fingerprint density at radius 2 is 2.13 bits per heavy atom. The van der Waals surface area contributed by atoms with Gasteiger partial charge in [-0.05, 0) is 13.0 Å². The summed E-state index contributed by atoms with van der Waals surface area (Å²) in [6.45, 7) is 4.13. The normalized spacial score (nSPS) is 11.9. The summed E-state index contributed by atoms with van der Waals surface area (Å²) in [5, 5.41) is 0. The van der Waals surface area contributed by atoms with Gasteiger partial charge in [-0.2, -0.15) is 0 Å². The van der Waals surface area contributed by atoms with E-state index in [1.807, 2.05) is 6.92 Å². The fraction of sp³-hybridized carbons (Fsp3) is 0.333. The van der Waals surface area contributed by atoms with Gasteiger partial charge in [-0.15, -0.1) is 0 Å². The molecule has 0 bridgehead atoms. The van der Waals surface area contributed by atoms with Crippen molar-refractivity contribution < 1.29 is 14.3 Å². The van der Waals surface area contributed by atoms with Crippen LogP contribution in [0.3, 0.4) is 0 Å². The minimum absolute atomic E-state index is 0.326. The SMILES string of the molecule is CCOc1cccc(C=O)c1C(C)C=O. The second-order valence-electron chi connectivity index (χ2n) is 3.23. The molecule has 1 atom stereocenters. The first kappa shape index (κ1) is 11.4. The number of carbonyl (C=O) groups is 2. The van der Waals surface area contributed by atoms with Crippen LogP contribution in [-0.4, -0.2) is 19.2 Å². The van der Waals surface area contributed by atoms with Crippen LogP contribution in [0.5, 0.6) is 5.75 Å². The number of benzene rings is 1. The average Bonchev–Trinajstić information content (AvgIpc) is 2.28. The van der Waals surface area contributed by atoms with Crippen molar-refractivity contribution in [2.75, 3.05) is 6.61 Å². The Labute approximate surface area is 89.1 Å².